The summed E-state index contributed by atoms with van der Waals surface area (Å²) >= 11 is 0. The molecule has 1 saturated carbocycles. The van der Waals surface area contributed by atoms with Crippen LogP contribution < -0.4 is 5.32 Å². The summed E-state index contributed by atoms with van der Waals surface area (Å²) in [4.78, 5) is 26.9. The van der Waals surface area contributed by atoms with Crippen LogP contribution in [0.3, 0.4) is 0 Å². The van der Waals surface area contributed by atoms with Crippen molar-refractivity contribution in [2.75, 3.05) is 12.4 Å². The van der Waals surface area contributed by atoms with Crippen molar-refractivity contribution in [1.29, 1.82) is 0 Å². The van der Waals surface area contributed by atoms with Crippen LogP contribution in [0.2, 0.25) is 0 Å². The van der Waals surface area contributed by atoms with Crippen LogP contribution in [0.1, 0.15) is 60.3 Å². The minimum absolute atomic E-state index is 0.0551. The molecule has 26 heavy (non-hydrogen) atoms. The number of benzene rings is 1. The van der Waals surface area contributed by atoms with E-state index in [1.807, 2.05) is 19.9 Å². The van der Waals surface area contributed by atoms with Crippen molar-refractivity contribution in [1.82, 2.24) is 10.1 Å². The van der Waals surface area contributed by atoms with Crippen molar-refractivity contribution in [2.24, 2.45) is 5.92 Å². The Balaban J connectivity index is 1.75. The van der Waals surface area contributed by atoms with E-state index in [0.717, 1.165) is 31.2 Å². The molecule has 2 aromatic rings. The largest absolute Gasteiger partial charge is 0.364 e. The Bertz CT molecular complexity index is 780. The maximum absolute atomic E-state index is 12.8. The number of hydrogen-bond acceptors (Lipinski definition) is 4. The van der Waals surface area contributed by atoms with Gasteiger partial charge < -0.3 is 14.7 Å². The molecule has 6 heteroatoms. The summed E-state index contributed by atoms with van der Waals surface area (Å²) in [5.41, 5.74) is 2.88. The molecule has 0 spiro atoms. The van der Waals surface area contributed by atoms with Crippen LogP contribution in [0.5, 0.6) is 0 Å². The Hall–Kier alpha value is -2.63. The molecule has 1 atom stereocenters. The third-order valence-corrected chi connectivity index (χ3v) is 5.26. The molecule has 1 aromatic carbocycles. The minimum atomic E-state index is -0.209. The van der Waals surface area contributed by atoms with Gasteiger partial charge in [0.2, 0.25) is 5.91 Å². The second-order valence-electron chi connectivity index (χ2n) is 7.02. The van der Waals surface area contributed by atoms with Gasteiger partial charge in [-0.2, -0.15) is 0 Å². The minimum Gasteiger partial charge on any atom is -0.364 e. The van der Waals surface area contributed by atoms with E-state index in [0.29, 0.717) is 16.9 Å². The number of amides is 2. The normalized spacial score (nSPS) is 15.7. The highest BCUT2D eigenvalue weighted by Crippen LogP contribution is 2.27. The van der Waals surface area contributed by atoms with Gasteiger partial charge in [0.25, 0.3) is 5.91 Å². The first-order chi connectivity index (χ1) is 12.5. The fourth-order valence-corrected chi connectivity index (χ4v) is 3.33. The number of hydrogen-bond donors (Lipinski definition) is 1. The monoisotopic (exact) mass is 355 g/mol. The summed E-state index contributed by atoms with van der Waals surface area (Å²) in [6, 6.07) is 6.95. The molecule has 0 saturated heterocycles. The molecule has 1 aromatic heterocycles. The molecular weight excluding hydrogens is 330 g/mol. The average molecular weight is 355 g/mol. The summed E-state index contributed by atoms with van der Waals surface area (Å²) in [7, 11) is 1.73. The van der Waals surface area contributed by atoms with Gasteiger partial charge in [0.1, 0.15) is 12.0 Å². The maximum atomic E-state index is 12.8. The first-order valence-electron chi connectivity index (χ1n) is 9.06. The van der Waals surface area contributed by atoms with Crippen molar-refractivity contribution in [2.45, 2.75) is 45.6 Å². The Morgan fingerprint density at radius 2 is 2.00 bits per heavy atom. The van der Waals surface area contributed by atoms with Crippen molar-refractivity contribution in [3.8, 4) is 0 Å². The fourth-order valence-electron chi connectivity index (χ4n) is 3.33. The summed E-state index contributed by atoms with van der Waals surface area (Å²) in [5.74, 6) is 0.0139. The van der Waals surface area contributed by atoms with Crippen LogP contribution in [-0.4, -0.2) is 28.9 Å². The second-order valence-corrected chi connectivity index (χ2v) is 7.02. The molecule has 0 unspecified atom stereocenters. The first-order valence-corrected chi connectivity index (χ1v) is 9.06. The zero-order valence-electron chi connectivity index (χ0n) is 15.5. The molecule has 1 fully saturated rings. The van der Waals surface area contributed by atoms with Gasteiger partial charge in [0.15, 0.2) is 0 Å². The van der Waals surface area contributed by atoms with Gasteiger partial charge in [-0.25, -0.2) is 0 Å². The predicted octanol–water partition coefficient (Wildman–Crippen LogP) is 3.94. The van der Waals surface area contributed by atoms with Gasteiger partial charge in [-0.15, -0.1) is 0 Å². The van der Waals surface area contributed by atoms with Gasteiger partial charge in [-0.1, -0.05) is 24.1 Å². The molecule has 0 radical (unpaired) electrons. The lowest BCUT2D eigenvalue weighted by Gasteiger charge is -2.23. The molecule has 3 rings (SSSR count). The maximum Gasteiger partial charge on any atom is 0.254 e. The Morgan fingerprint density at radius 1 is 1.27 bits per heavy atom. The molecule has 1 N–H and O–H groups in total. The lowest BCUT2D eigenvalue weighted by molar-refractivity contribution is -0.119. The number of aromatic nitrogens is 1. The number of aryl methyl sites for hydroxylation is 1. The number of nitrogens with zero attached hydrogens (tertiary/aromatic N) is 2. The van der Waals surface area contributed by atoms with Crippen LogP contribution >= 0.6 is 0 Å². The lowest BCUT2D eigenvalue weighted by atomic mass is 10.1. The average Bonchev–Trinajstić information content (AvgIpc) is 3.35. The summed E-state index contributed by atoms with van der Waals surface area (Å²) in [6.07, 6.45) is 5.61. The number of nitrogens with one attached hydrogen (secondary N) is 1. The van der Waals surface area contributed by atoms with E-state index in [2.05, 4.69) is 10.5 Å². The third-order valence-electron chi connectivity index (χ3n) is 5.26. The molecule has 1 aliphatic carbocycles. The highest BCUT2D eigenvalue weighted by atomic mass is 16.5. The highest BCUT2D eigenvalue weighted by molar-refractivity contribution is 5.98. The molecule has 6 nitrogen and oxygen atoms in total. The van der Waals surface area contributed by atoms with Crippen molar-refractivity contribution in [3.05, 3.63) is 47.3 Å². The van der Waals surface area contributed by atoms with Crippen LogP contribution in [0.15, 0.2) is 35.1 Å². The van der Waals surface area contributed by atoms with Gasteiger partial charge in [0.05, 0.1) is 6.04 Å². The van der Waals surface area contributed by atoms with E-state index >= 15 is 0 Å². The predicted molar refractivity (Wildman–Crippen MR) is 98.8 cm³/mol. The zero-order valence-corrected chi connectivity index (χ0v) is 15.5. The van der Waals surface area contributed by atoms with Gasteiger partial charge in [-0.3, -0.25) is 9.59 Å². The van der Waals surface area contributed by atoms with Crippen molar-refractivity contribution < 1.29 is 14.1 Å². The summed E-state index contributed by atoms with van der Waals surface area (Å²) < 4.78 is 4.86. The van der Waals surface area contributed by atoms with E-state index in [4.69, 9.17) is 4.52 Å². The zero-order chi connectivity index (χ0) is 18.7. The van der Waals surface area contributed by atoms with E-state index in [9.17, 15) is 9.59 Å². The summed E-state index contributed by atoms with van der Waals surface area (Å²) in [6.45, 7) is 3.83. The molecule has 1 heterocycles. The smallest absolute Gasteiger partial charge is 0.254 e. The number of rotatable bonds is 5. The molecule has 0 aliphatic heterocycles. The quantitative estimate of drug-likeness (QED) is 0.881. The number of carbonyl (C=O) groups excluding carboxylic acids is 2. The van der Waals surface area contributed by atoms with E-state index in [1.54, 1.807) is 30.1 Å². The molecule has 2 amide bonds. The lowest BCUT2D eigenvalue weighted by Crippen LogP contribution is -2.30. The Kier molecular flexibility index (Phi) is 5.40. The first kappa shape index (κ1) is 18.2. The standard InChI is InChI=1S/C20H25N3O3/c1-13-8-9-16(12-18(13)21-19(24)15-6-4-5-7-15)20(25)23(3)14(2)17-10-11-26-22-17/h8-12,14-15H,4-7H2,1-3H3,(H,21,24)/t14-/m0/s1. The van der Waals surface area contributed by atoms with Gasteiger partial charge >= 0.3 is 0 Å². The van der Waals surface area contributed by atoms with Gasteiger partial charge in [-0.05, 0) is 44.4 Å². The number of anilines is 1. The third kappa shape index (κ3) is 3.79. The molecule has 138 valence electrons. The van der Waals surface area contributed by atoms with Crippen molar-refractivity contribution in [3.63, 3.8) is 0 Å². The van der Waals surface area contributed by atoms with E-state index in [-0.39, 0.29) is 23.8 Å². The van der Waals surface area contributed by atoms with Crippen LogP contribution in [0.4, 0.5) is 5.69 Å². The van der Waals surface area contributed by atoms with Crippen molar-refractivity contribution >= 4 is 17.5 Å². The second kappa shape index (κ2) is 7.72. The Morgan fingerprint density at radius 3 is 2.65 bits per heavy atom. The summed E-state index contributed by atoms with van der Waals surface area (Å²) in [5, 5.41) is 6.91. The highest BCUT2D eigenvalue weighted by Gasteiger charge is 2.24. The fraction of sp³-hybridized carbons (Fsp3) is 0.450. The topological polar surface area (TPSA) is 75.4 Å². The van der Waals surface area contributed by atoms with Crippen LogP contribution in [0, 0.1) is 12.8 Å². The Labute approximate surface area is 153 Å². The van der Waals surface area contributed by atoms with Crippen LogP contribution in [-0.2, 0) is 4.79 Å². The number of carbonyl (C=O) groups is 2. The van der Waals surface area contributed by atoms with E-state index < -0.39 is 0 Å². The van der Waals surface area contributed by atoms with Crippen LogP contribution in [0.25, 0.3) is 0 Å². The van der Waals surface area contributed by atoms with E-state index in [1.165, 1.54) is 6.26 Å². The molecule has 1 aliphatic rings. The molecule has 0 bridgehead atoms. The molecular formula is C20H25N3O3. The van der Waals surface area contributed by atoms with Gasteiger partial charge in [0, 0.05) is 30.3 Å². The SMILES string of the molecule is Cc1ccc(C(=O)N(C)[C@@H](C)c2ccon2)cc1NC(=O)C1CCCC1.